The molecule has 27 heavy (non-hydrogen) atoms. The van der Waals surface area contributed by atoms with Gasteiger partial charge >= 0.3 is 0 Å². The lowest BCUT2D eigenvalue weighted by molar-refractivity contribution is 0.101. The summed E-state index contributed by atoms with van der Waals surface area (Å²) < 4.78 is 11.5. The molecule has 0 aliphatic heterocycles. The molecule has 0 spiro atoms. The van der Waals surface area contributed by atoms with Gasteiger partial charge in [-0.15, -0.1) is 0 Å². The first kappa shape index (κ1) is 17.5. The Morgan fingerprint density at radius 2 is 1.81 bits per heavy atom. The zero-order valence-electron chi connectivity index (χ0n) is 15.4. The molecular formula is C21H17ClN2O3. The van der Waals surface area contributed by atoms with E-state index in [-0.39, 0.29) is 5.78 Å². The molecule has 0 radical (unpaired) electrons. The number of halogens is 1. The highest BCUT2D eigenvalue weighted by Crippen LogP contribution is 2.37. The number of Topliss-reactive ketones (excluding diaryl/α,β-unsaturated/α-hetero) is 1. The molecule has 0 saturated carbocycles. The van der Waals surface area contributed by atoms with Crippen molar-refractivity contribution in [3.05, 3.63) is 57.6 Å². The average molecular weight is 381 g/mol. The van der Waals surface area contributed by atoms with Gasteiger partial charge < -0.3 is 8.94 Å². The second kappa shape index (κ2) is 6.35. The molecule has 0 unspecified atom stereocenters. The molecule has 0 aliphatic carbocycles. The van der Waals surface area contributed by atoms with Crippen LogP contribution in [0.4, 0.5) is 0 Å². The molecular weight excluding hydrogens is 364 g/mol. The first-order valence-electron chi connectivity index (χ1n) is 8.51. The van der Waals surface area contributed by atoms with E-state index < -0.39 is 0 Å². The summed E-state index contributed by atoms with van der Waals surface area (Å²) in [6, 6.07) is 9.11. The molecule has 0 saturated heterocycles. The molecule has 2 aromatic heterocycles. The first-order chi connectivity index (χ1) is 12.9. The molecule has 2 heterocycles. The highest BCUT2D eigenvalue weighted by atomic mass is 35.5. The summed E-state index contributed by atoms with van der Waals surface area (Å²) in [5.41, 5.74) is 5.09. The Kier molecular flexibility index (Phi) is 4.12. The fourth-order valence-electron chi connectivity index (χ4n) is 3.22. The van der Waals surface area contributed by atoms with Crippen molar-refractivity contribution in [2.75, 3.05) is 0 Å². The van der Waals surface area contributed by atoms with Crippen LogP contribution in [-0.2, 0) is 0 Å². The SMILES string of the molecule is CC(=O)c1ccc(-c2noc(-c3oc4c(C)ccc(C)c4c3C)n2)c(Cl)c1. The normalized spacial score (nSPS) is 11.3. The number of fused-ring (bicyclic) bond motifs is 1. The summed E-state index contributed by atoms with van der Waals surface area (Å²) in [6.45, 7) is 7.52. The molecule has 0 aliphatic rings. The minimum Gasteiger partial charge on any atom is -0.450 e. The number of carbonyl (C=O) groups is 1. The summed E-state index contributed by atoms with van der Waals surface area (Å²) in [6.07, 6.45) is 0. The molecule has 4 rings (SSSR count). The average Bonchev–Trinajstić information content (AvgIpc) is 3.23. The van der Waals surface area contributed by atoms with Gasteiger partial charge in [-0.3, -0.25) is 4.79 Å². The van der Waals surface area contributed by atoms with Crippen molar-refractivity contribution in [3.8, 4) is 23.0 Å². The Morgan fingerprint density at radius 1 is 1.07 bits per heavy atom. The number of aromatic nitrogens is 2. The number of aryl methyl sites for hydroxylation is 3. The van der Waals surface area contributed by atoms with Gasteiger partial charge in [0.1, 0.15) is 5.58 Å². The molecule has 0 fully saturated rings. The van der Waals surface area contributed by atoms with Crippen molar-refractivity contribution >= 4 is 28.4 Å². The fraction of sp³-hybridized carbons (Fsp3) is 0.190. The molecule has 0 N–H and O–H groups in total. The summed E-state index contributed by atoms with van der Waals surface area (Å²) in [7, 11) is 0. The van der Waals surface area contributed by atoms with Crippen LogP contribution in [0.25, 0.3) is 34.0 Å². The van der Waals surface area contributed by atoms with Gasteiger partial charge in [0.2, 0.25) is 5.82 Å². The number of furan rings is 1. The predicted octanol–water partition coefficient (Wildman–Crippen LogP) is 5.93. The van der Waals surface area contributed by atoms with Gasteiger partial charge in [-0.25, -0.2) is 0 Å². The number of rotatable bonds is 3. The third-order valence-electron chi connectivity index (χ3n) is 4.72. The van der Waals surface area contributed by atoms with Crippen LogP contribution in [0, 0.1) is 20.8 Å². The van der Waals surface area contributed by atoms with Crippen LogP contribution in [0.5, 0.6) is 0 Å². The Balaban J connectivity index is 1.81. The standard InChI is InChI=1S/C21H17ClN2O3/c1-10-5-6-11(2)18-17(10)12(3)19(26-18)21-23-20(24-27-21)15-8-7-14(13(4)25)9-16(15)22/h5-9H,1-4H3. The van der Waals surface area contributed by atoms with E-state index in [1.165, 1.54) is 6.92 Å². The highest BCUT2D eigenvalue weighted by Gasteiger charge is 2.22. The number of ketones is 1. The molecule has 6 heteroatoms. The summed E-state index contributed by atoms with van der Waals surface area (Å²) in [5.74, 6) is 1.14. The quantitative estimate of drug-likeness (QED) is 0.412. The van der Waals surface area contributed by atoms with E-state index in [0.717, 1.165) is 27.7 Å². The Bertz CT molecular complexity index is 1200. The molecule has 5 nitrogen and oxygen atoms in total. The Labute approximate surface area is 160 Å². The van der Waals surface area contributed by atoms with Gasteiger partial charge in [0.15, 0.2) is 11.5 Å². The minimum absolute atomic E-state index is 0.0547. The minimum atomic E-state index is -0.0547. The Morgan fingerprint density at radius 3 is 2.48 bits per heavy atom. The van der Waals surface area contributed by atoms with E-state index in [2.05, 4.69) is 16.2 Å². The van der Waals surface area contributed by atoms with E-state index in [0.29, 0.717) is 33.6 Å². The van der Waals surface area contributed by atoms with Gasteiger partial charge in [-0.2, -0.15) is 4.98 Å². The maximum atomic E-state index is 11.5. The summed E-state index contributed by atoms with van der Waals surface area (Å²) >= 11 is 6.30. The fourth-order valence-corrected chi connectivity index (χ4v) is 3.48. The second-order valence-electron chi connectivity index (χ2n) is 6.63. The number of benzene rings is 2. The van der Waals surface area contributed by atoms with Crippen molar-refractivity contribution in [2.45, 2.75) is 27.7 Å². The number of hydrogen-bond donors (Lipinski definition) is 0. The first-order valence-corrected chi connectivity index (χ1v) is 8.89. The lowest BCUT2D eigenvalue weighted by atomic mass is 10.0. The largest absolute Gasteiger partial charge is 0.450 e. The van der Waals surface area contributed by atoms with E-state index in [1.54, 1.807) is 18.2 Å². The number of nitrogens with zero attached hydrogens (tertiary/aromatic N) is 2. The Hall–Kier alpha value is -2.92. The van der Waals surface area contributed by atoms with E-state index in [9.17, 15) is 4.79 Å². The van der Waals surface area contributed by atoms with Crippen molar-refractivity contribution in [1.82, 2.24) is 10.1 Å². The zero-order chi connectivity index (χ0) is 19.3. The van der Waals surface area contributed by atoms with Gasteiger partial charge in [-0.1, -0.05) is 35.0 Å². The van der Waals surface area contributed by atoms with E-state index in [1.807, 2.05) is 26.8 Å². The predicted molar refractivity (Wildman–Crippen MR) is 104 cm³/mol. The summed E-state index contributed by atoms with van der Waals surface area (Å²) in [4.78, 5) is 16.0. The van der Waals surface area contributed by atoms with E-state index in [4.69, 9.17) is 20.5 Å². The topological polar surface area (TPSA) is 69.1 Å². The van der Waals surface area contributed by atoms with E-state index >= 15 is 0 Å². The van der Waals surface area contributed by atoms with Gasteiger partial charge in [0.05, 0.1) is 5.02 Å². The molecule has 0 amide bonds. The lowest BCUT2D eigenvalue weighted by Crippen LogP contribution is -1.92. The molecule has 136 valence electrons. The number of hydrogen-bond acceptors (Lipinski definition) is 5. The maximum Gasteiger partial charge on any atom is 0.294 e. The van der Waals surface area contributed by atoms with Crippen molar-refractivity contribution in [3.63, 3.8) is 0 Å². The highest BCUT2D eigenvalue weighted by molar-refractivity contribution is 6.33. The molecule has 2 aromatic carbocycles. The lowest BCUT2D eigenvalue weighted by Gasteiger charge is -2.01. The molecule has 0 atom stereocenters. The maximum absolute atomic E-state index is 11.5. The third kappa shape index (κ3) is 2.84. The zero-order valence-corrected chi connectivity index (χ0v) is 16.1. The van der Waals surface area contributed by atoms with Gasteiger partial charge in [-0.05, 0) is 51.0 Å². The summed E-state index contributed by atoms with van der Waals surface area (Å²) in [5, 5.41) is 5.49. The smallest absolute Gasteiger partial charge is 0.294 e. The van der Waals surface area contributed by atoms with Crippen LogP contribution in [-0.4, -0.2) is 15.9 Å². The van der Waals surface area contributed by atoms with Crippen molar-refractivity contribution in [1.29, 1.82) is 0 Å². The monoisotopic (exact) mass is 380 g/mol. The van der Waals surface area contributed by atoms with Crippen molar-refractivity contribution in [2.24, 2.45) is 0 Å². The van der Waals surface area contributed by atoms with Gasteiger partial charge in [0, 0.05) is 22.1 Å². The van der Waals surface area contributed by atoms with Gasteiger partial charge in [0.25, 0.3) is 5.89 Å². The molecule has 0 bridgehead atoms. The number of carbonyl (C=O) groups excluding carboxylic acids is 1. The third-order valence-corrected chi connectivity index (χ3v) is 5.03. The second-order valence-corrected chi connectivity index (χ2v) is 7.04. The van der Waals surface area contributed by atoms with Crippen molar-refractivity contribution < 1.29 is 13.7 Å². The molecule has 4 aromatic rings. The van der Waals surface area contributed by atoms with Crippen LogP contribution < -0.4 is 0 Å². The van der Waals surface area contributed by atoms with Crippen LogP contribution in [0.15, 0.2) is 39.3 Å². The van der Waals surface area contributed by atoms with Crippen LogP contribution in [0.2, 0.25) is 5.02 Å². The van der Waals surface area contributed by atoms with Crippen LogP contribution in [0.1, 0.15) is 34.0 Å². The van der Waals surface area contributed by atoms with Crippen LogP contribution >= 0.6 is 11.6 Å². The van der Waals surface area contributed by atoms with Crippen LogP contribution in [0.3, 0.4) is 0 Å².